The van der Waals surface area contributed by atoms with Crippen molar-refractivity contribution >= 4 is 5.97 Å². The Morgan fingerprint density at radius 3 is 2.74 bits per heavy atom. The Kier molecular flexibility index (Phi) is 4.93. The number of carboxylic acids is 1. The average Bonchev–Trinajstić information content (AvgIpc) is 2.41. The highest BCUT2D eigenvalue weighted by Crippen LogP contribution is 2.23. The normalized spacial score (nSPS) is 22.1. The summed E-state index contributed by atoms with van der Waals surface area (Å²) in [5.74, 6) is -0.758. The molecular formula is C15H21NO3. The van der Waals surface area contributed by atoms with E-state index in [1.165, 1.54) is 0 Å². The monoisotopic (exact) mass is 263 g/mol. The molecule has 4 nitrogen and oxygen atoms in total. The highest BCUT2D eigenvalue weighted by Gasteiger charge is 2.26. The lowest BCUT2D eigenvalue weighted by Crippen LogP contribution is -2.43. The first-order chi connectivity index (χ1) is 9.16. The van der Waals surface area contributed by atoms with Gasteiger partial charge in [-0.2, -0.15) is 0 Å². The lowest BCUT2D eigenvalue weighted by molar-refractivity contribution is -0.139. The van der Waals surface area contributed by atoms with Crippen molar-refractivity contribution in [1.82, 2.24) is 4.90 Å². The number of benzene rings is 1. The quantitative estimate of drug-likeness (QED) is 0.853. The first-order valence-corrected chi connectivity index (χ1v) is 6.85. The smallest absolute Gasteiger partial charge is 0.304 e. The maximum atomic E-state index is 10.9. The number of aliphatic hydroxyl groups excluding tert-OH is 1. The third-order valence-electron chi connectivity index (χ3n) is 3.75. The van der Waals surface area contributed by atoms with Gasteiger partial charge in [0.1, 0.15) is 0 Å². The van der Waals surface area contributed by atoms with E-state index < -0.39 is 12.1 Å². The van der Waals surface area contributed by atoms with Crippen molar-refractivity contribution in [3.8, 4) is 0 Å². The van der Waals surface area contributed by atoms with Gasteiger partial charge < -0.3 is 10.2 Å². The van der Waals surface area contributed by atoms with E-state index in [0.717, 1.165) is 31.4 Å². The van der Waals surface area contributed by atoms with Crippen LogP contribution in [0.4, 0.5) is 0 Å². The van der Waals surface area contributed by atoms with Crippen LogP contribution in [0.3, 0.4) is 0 Å². The van der Waals surface area contributed by atoms with Crippen molar-refractivity contribution in [1.29, 1.82) is 0 Å². The molecule has 1 aromatic rings. The van der Waals surface area contributed by atoms with E-state index in [1.807, 2.05) is 30.3 Å². The highest BCUT2D eigenvalue weighted by atomic mass is 16.4. The van der Waals surface area contributed by atoms with E-state index in [-0.39, 0.29) is 12.5 Å². The van der Waals surface area contributed by atoms with Crippen LogP contribution in [0.15, 0.2) is 30.3 Å². The van der Waals surface area contributed by atoms with Crippen LogP contribution < -0.4 is 0 Å². The fraction of sp³-hybridized carbons (Fsp3) is 0.533. The van der Waals surface area contributed by atoms with E-state index in [4.69, 9.17) is 5.11 Å². The summed E-state index contributed by atoms with van der Waals surface area (Å²) in [6, 6.07) is 9.60. The number of piperidine rings is 1. The number of aliphatic hydroxyl groups is 1. The second-order valence-electron chi connectivity index (χ2n) is 5.17. The molecule has 2 rings (SSSR count). The first-order valence-electron chi connectivity index (χ1n) is 6.85. The molecule has 2 unspecified atom stereocenters. The number of carboxylic acid groups (broad SMARTS) is 1. The number of rotatable bonds is 5. The molecule has 19 heavy (non-hydrogen) atoms. The average molecular weight is 263 g/mol. The van der Waals surface area contributed by atoms with Crippen molar-refractivity contribution in [2.75, 3.05) is 13.1 Å². The molecule has 1 fully saturated rings. The van der Waals surface area contributed by atoms with Gasteiger partial charge in [-0.1, -0.05) is 36.8 Å². The summed E-state index contributed by atoms with van der Waals surface area (Å²) in [6.45, 7) is 1.39. The van der Waals surface area contributed by atoms with E-state index in [1.54, 1.807) is 0 Å². The van der Waals surface area contributed by atoms with Gasteiger partial charge in [0.25, 0.3) is 0 Å². The molecule has 0 saturated carbocycles. The van der Waals surface area contributed by atoms with E-state index in [9.17, 15) is 9.90 Å². The van der Waals surface area contributed by atoms with Crippen molar-refractivity contribution < 1.29 is 15.0 Å². The molecule has 0 aliphatic carbocycles. The second-order valence-corrected chi connectivity index (χ2v) is 5.17. The minimum Gasteiger partial charge on any atom is -0.481 e. The van der Waals surface area contributed by atoms with Crippen molar-refractivity contribution in [2.45, 2.75) is 37.8 Å². The van der Waals surface area contributed by atoms with Gasteiger partial charge in [0.05, 0.1) is 12.5 Å². The van der Waals surface area contributed by atoms with Gasteiger partial charge in [0.15, 0.2) is 0 Å². The van der Waals surface area contributed by atoms with E-state index in [0.29, 0.717) is 6.54 Å². The fourth-order valence-corrected chi connectivity index (χ4v) is 2.74. The molecule has 0 radical (unpaired) electrons. The molecule has 0 bridgehead atoms. The zero-order chi connectivity index (χ0) is 13.7. The molecule has 1 heterocycles. The van der Waals surface area contributed by atoms with Gasteiger partial charge in [0.2, 0.25) is 0 Å². The van der Waals surface area contributed by atoms with Gasteiger partial charge in [-0.05, 0) is 24.9 Å². The van der Waals surface area contributed by atoms with Gasteiger partial charge in [-0.15, -0.1) is 0 Å². The van der Waals surface area contributed by atoms with E-state index in [2.05, 4.69) is 4.90 Å². The molecule has 0 amide bonds. The Morgan fingerprint density at radius 2 is 2.05 bits per heavy atom. The van der Waals surface area contributed by atoms with Crippen LogP contribution in [0.5, 0.6) is 0 Å². The van der Waals surface area contributed by atoms with Gasteiger partial charge >= 0.3 is 5.97 Å². The summed E-state index contributed by atoms with van der Waals surface area (Å²) in [5, 5.41) is 19.2. The summed E-state index contributed by atoms with van der Waals surface area (Å²) < 4.78 is 0. The Bertz CT molecular complexity index is 407. The van der Waals surface area contributed by atoms with Crippen LogP contribution in [0, 0.1) is 0 Å². The molecule has 2 N–H and O–H groups in total. The van der Waals surface area contributed by atoms with Crippen LogP contribution in [-0.4, -0.2) is 40.2 Å². The summed E-state index contributed by atoms with van der Waals surface area (Å²) >= 11 is 0. The van der Waals surface area contributed by atoms with Crippen molar-refractivity contribution in [3.63, 3.8) is 0 Å². The molecule has 4 heteroatoms. The zero-order valence-corrected chi connectivity index (χ0v) is 11.0. The Morgan fingerprint density at radius 1 is 1.32 bits per heavy atom. The molecule has 1 saturated heterocycles. The fourth-order valence-electron chi connectivity index (χ4n) is 2.74. The Hall–Kier alpha value is -1.39. The number of aliphatic carboxylic acids is 1. The highest BCUT2D eigenvalue weighted by molar-refractivity contribution is 5.67. The number of hydrogen-bond acceptors (Lipinski definition) is 3. The van der Waals surface area contributed by atoms with Crippen LogP contribution >= 0.6 is 0 Å². The third-order valence-corrected chi connectivity index (χ3v) is 3.75. The molecule has 1 aliphatic rings. The van der Waals surface area contributed by atoms with Crippen molar-refractivity contribution in [2.24, 2.45) is 0 Å². The third kappa shape index (κ3) is 4.04. The summed E-state index contributed by atoms with van der Waals surface area (Å²) in [4.78, 5) is 13.0. The predicted octanol–water partition coefficient (Wildman–Crippen LogP) is 2.05. The maximum Gasteiger partial charge on any atom is 0.304 e. The van der Waals surface area contributed by atoms with Gasteiger partial charge in [-0.25, -0.2) is 0 Å². The first kappa shape index (κ1) is 14.0. The van der Waals surface area contributed by atoms with E-state index >= 15 is 0 Å². The molecule has 104 valence electrons. The number of likely N-dealkylation sites (tertiary alicyclic amines) is 1. The minimum absolute atomic E-state index is 0.0598. The zero-order valence-electron chi connectivity index (χ0n) is 11.0. The summed E-state index contributed by atoms with van der Waals surface area (Å²) in [6.07, 6.45) is 2.69. The molecule has 0 spiro atoms. The topological polar surface area (TPSA) is 60.8 Å². The van der Waals surface area contributed by atoms with Gasteiger partial charge in [-0.3, -0.25) is 9.69 Å². The van der Waals surface area contributed by atoms with Crippen molar-refractivity contribution in [3.05, 3.63) is 35.9 Å². The van der Waals surface area contributed by atoms with Crippen LogP contribution in [0.25, 0.3) is 0 Å². The maximum absolute atomic E-state index is 10.9. The minimum atomic E-state index is -0.758. The van der Waals surface area contributed by atoms with Crippen LogP contribution in [0.2, 0.25) is 0 Å². The molecule has 2 atom stereocenters. The standard InChI is InChI=1S/C15H21NO3/c17-14(12-6-2-1-3-7-12)11-16-9-5-4-8-13(16)10-15(18)19/h1-3,6-7,13-14,17H,4-5,8-11H2,(H,18,19). The molecule has 1 aromatic carbocycles. The number of β-amino-alcohol motifs (C(OH)–C–C–N with tert-alkyl or cyclic N) is 1. The molecular weight excluding hydrogens is 242 g/mol. The summed E-state index contributed by atoms with van der Waals surface area (Å²) in [5.41, 5.74) is 0.891. The predicted molar refractivity (Wildman–Crippen MR) is 72.9 cm³/mol. The SMILES string of the molecule is O=C(O)CC1CCCCN1CC(O)c1ccccc1. The van der Waals surface area contributed by atoms with Gasteiger partial charge in [0, 0.05) is 12.6 Å². The Balaban J connectivity index is 1.97. The Labute approximate surface area is 113 Å². The second kappa shape index (κ2) is 6.68. The largest absolute Gasteiger partial charge is 0.481 e. The molecule has 0 aromatic heterocycles. The summed E-state index contributed by atoms with van der Waals surface area (Å²) in [7, 11) is 0. The van der Waals surface area contributed by atoms with Crippen LogP contribution in [0.1, 0.15) is 37.4 Å². The number of carbonyl (C=O) groups is 1. The lowest BCUT2D eigenvalue weighted by Gasteiger charge is -2.36. The number of hydrogen-bond donors (Lipinski definition) is 2. The lowest BCUT2D eigenvalue weighted by atomic mass is 9.98. The molecule has 1 aliphatic heterocycles. The van der Waals surface area contributed by atoms with Crippen LogP contribution in [-0.2, 0) is 4.79 Å². The number of nitrogens with zero attached hydrogens (tertiary/aromatic N) is 1.